The molecule has 0 radical (unpaired) electrons. The van der Waals surface area contributed by atoms with Crippen LogP contribution in [-0.4, -0.2) is 22.0 Å². The molecule has 0 aliphatic carbocycles. The monoisotopic (exact) mass is 401 g/mol. The number of imidazole rings is 1. The number of benzene rings is 3. The number of amides is 1. The molecule has 30 heavy (non-hydrogen) atoms. The highest BCUT2D eigenvalue weighted by Crippen LogP contribution is 2.18. The van der Waals surface area contributed by atoms with Gasteiger partial charge in [-0.25, -0.2) is 9.37 Å². The van der Waals surface area contributed by atoms with Gasteiger partial charge in [0.1, 0.15) is 11.6 Å². The Labute approximate surface area is 175 Å². The molecule has 1 aromatic heterocycles. The summed E-state index contributed by atoms with van der Waals surface area (Å²) in [5, 5.41) is 3.01. The van der Waals surface area contributed by atoms with Crippen LogP contribution in [-0.2, 0) is 24.2 Å². The summed E-state index contributed by atoms with van der Waals surface area (Å²) < 4.78 is 15.4. The number of hydrogen-bond acceptors (Lipinski definition) is 2. The second kappa shape index (κ2) is 8.91. The van der Waals surface area contributed by atoms with Crippen molar-refractivity contribution in [3.8, 4) is 0 Å². The lowest BCUT2D eigenvalue weighted by atomic mass is 10.1. The lowest BCUT2D eigenvalue weighted by Gasteiger charge is -2.11. The Hall–Kier alpha value is -3.47. The van der Waals surface area contributed by atoms with Gasteiger partial charge in [-0.2, -0.15) is 0 Å². The minimum Gasteiger partial charge on any atom is -0.355 e. The van der Waals surface area contributed by atoms with Crippen LogP contribution >= 0.6 is 0 Å². The summed E-state index contributed by atoms with van der Waals surface area (Å²) in [6, 6.07) is 22.4. The molecule has 4 nitrogen and oxygen atoms in total. The molecule has 4 rings (SSSR count). The first-order chi connectivity index (χ1) is 14.6. The molecule has 5 heteroatoms. The van der Waals surface area contributed by atoms with Crippen molar-refractivity contribution in [3.63, 3.8) is 0 Å². The largest absolute Gasteiger partial charge is 0.355 e. The average Bonchev–Trinajstić information content (AvgIpc) is 3.09. The number of para-hydroxylation sites is 2. The van der Waals surface area contributed by atoms with Gasteiger partial charge in [-0.3, -0.25) is 4.79 Å². The van der Waals surface area contributed by atoms with Gasteiger partial charge in [0.05, 0.1) is 17.5 Å². The molecule has 4 aromatic rings. The molecule has 1 amide bonds. The molecular formula is C25H24FN3O. The van der Waals surface area contributed by atoms with Crippen molar-refractivity contribution in [2.75, 3.05) is 6.54 Å². The van der Waals surface area contributed by atoms with Crippen LogP contribution in [0, 0.1) is 12.7 Å². The Kier molecular flexibility index (Phi) is 5.89. The van der Waals surface area contributed by atoms with Crippen LogP contribution < -0.4 is 5.32 Å². The fourth-order valence-electron chi connectivity index (χ4n) is 3.62. The van der Waals surface area contributed by atoms with E-state index >= 15 is 0 Å². The number of aryl methyl sites for hydroxylation is 1. The molecule has 0 spiro atoms. The van der Waals surface area contributed by atoms with Gasteiger partial charge in [0, 0.05) is 19.5 Å². The molecular weight excluding hydrogens is 377 g/mol. The number of aromatic nitrogens is 2. The second-order valence-electron chi connectivity index (χ2n) is 7.43. The van der Waals surface area contributed by atoms with E-state index in [2.05, 4.69) is 9.88 Å². The van der Waals surface area contributed by atoms with E-state index in [0.717, 1.165) is 33.5 Å². The zero-order valence-electron chi connectivity index (χ0n) is 16.9. The predicted octanol–water partition coefficient (Wildman–Crippen LogP) is 4.43. The van der Waals surface area contributed by atoms with Crippen molar-refractivity contribution in [1.82, 2.24) is 14.9 Å². The van der Waals surface area contributed by atoms with Crippen LogP contribution in [0.1, 0.15) is 22.5 Å². The van der Waals surface area contributed by atoms with Gasteiger partial charge < -0.3 is 9.88 Å². The molecule has 0 saturated heterocycles. The first kappa shape index (κ1) is 19.8. The fraction of sp³-hybridized carbons (Fsp3) is 0.200. The summed E-state index contributed by atoms with van der Waals surface area (Å²) in [5.74, 6) is 0.660. The average molecular weight is 401 g/mol. The van der Waals surface area contributed by atoms with Gasteiger partial charge in [-0.1, -0.05) is 48.5 Å². The van der Waals surface area contributed by atoms with Gasteiger partial charge >= 0.3 is 0 Å². The number of hydrogen-bond donors (Lipinski definition) is 1. The van der Waals surface area contributed by atoms with E-state index < -0.39 is 0 Å². The van der Waals surface area contributed by atoms with E-state index in [1.54, 1.807) is 12.1 Å². The topological polar surface area (TPSA) is 46.9 Å². The highest BCUT2D eigenvalue weighted by molar-refractivity contribution is 5.79. The van der Waals surface area contributed by atoms with Crippen molar-refractivity contribution in [1.29, 1.82) is 0 Å². The third-order valence-electron chi connectivity index (χ3n) is 5.27. The molecule has 0 aliphatic rings. The smallest absolute Gasteiger partial charge is 0.224 e. The van der Waals surface area contributed by atoms with Gasteiger partial charge in [0.2, 0.25) is 5.91 Å². The Morgan fingerprint density at radius 1 is 1.00 bits per heavy atom. The number of fused-ring (bicyclic) bond motifs is 1. The van der Waals surface area contributed by atoms with Crippen molar-refractivity contribution in [2.45, 2.75) is 26.3 Å². The van der Waals surface area contributed by atoms with Gasteiger partial charge in [0.25, 0.3) is 0 Å². The molecule has 1 N–H and O–H groups in total. The first-order valence-electron chi connectivity index (χ1n) is 10.1. The molecule has 3 aromatic carbocycles. The molecule has 0 aliphatic heterocycles. The third kappa shape index (κ3) is 4.57. The lowest BCUT2D eigenvalue weighted by Crippen LogP contribution is -2.28. The number of rotatable bonds is 7. The molecule has 0 saturated carbocycles. The summed E-state index contributed by atoms with van der Waals surface area (Å²) in [6.45, 7) is 3.13. The van der Waals surface area contributed by atoms with Gasteiger partial charge in [-0.15, -0.1) is 0 Å². The number of carbonyl (C=O) groups is 1. The number of halogens is 1. The SMILES string of the molecule is Cc1ccccc1CC(=O)NCCc1nc2ccccc2n1Cc1ccc(F)cc1. The van der Waals surface area contributed by atoms with Gasteiger partial charge in [-0.05, 0) is 47.9 Å². The van der Waals surface area contributed by atoms with Crippen LogP contribution in [0.25, 0.3) is 11.0 Å². The van der Waals surface area contributed by atoms with E-state index in [4.69, 9.17) is 4.98 Å². The molecule has 0 unspecified atom stereocenters. The molecule has 0 fully saturated rings. The Bertz CT molecular complexity index is 1160. The van der Waals surface area contributed by atoms with Crippen LogP contribution in [0.5, 0.6) is 0 Å². The summed E-state index contributed by atoms with van der Waals surface area (Å²) >= 11 is 0. The first-order valence-corrected chi connectivity index (χ1v) is 10.1. The highest BCUT2D eigenvalue weighted by Gasteiger charge is 2.12. The van der Waals surface area contributed by atoms with E-state index in [9.17, 15) is 9.18 Å². The van der Waals surface area contributed by atoms with Crippen LogP contribution in [0.3, 0.4) is 0 Å². The molecule has 1 heterocycles. The fourth-order valence-corrected chi connectivity index (χ4v) is 3.62. The number of nitrogens with one attached hydrogen (secondary N) is 1. The van der Waals surface area contributed by atoms with Gasteiger partial charge in [0.15, 0.2) is 0 Å². The lowest BCUT2D eigenvalue weighted by molar-refractivity contribution is -0.120. The Morgan fingerprint density at radius 3 is 2.53 bits per heavy atom. The zero-order valence-corrected chi connectivity index (χ0v) is 16.9. The maximum absolute atomic E-state index is 13.3. The Morgan fingerprint density at radius 2 is 1.73 bits per heavy atom. The van der Waals surface area contributed by atoms with E-state index in [1.165, 1.54) is 12.1 Å². The molecule has 0 atom stereocenters. The van der Waals surface area contributed by atoms with Crippen LogP contribution in [0.15, 0.2) is 72.8 Å². The van der Waals surface area contributed by atoms with Crippen molar-refractivity contribution >= 4 is 16.9 Å². The summed E-state index contributed by atoms with van der Waals surface area (Å²) in [5.41, 5.74) is 5.11. The van der Waals surface area contributed by atoms with Crippen molar-refractivity contribution in [3.05, 3.63) is 101 Å². The summed E-state index contributed by atoms with van der Waals surface area (Å²) in [4.78, 5) is 17.1. The molecule has 152 valence electrons. The zero-order chi connectivity index (χ0) is 20.9. The predicted molar refractivity (Wildman–Crippen MR) is 117 cm³/mol. The number of carbonyl (C=O) groups excluding carboxylic acids is 1. The highest BCUT2D eigenvalue weighted by atomic mass is 19.1. The van der Waals surface area contributed by atoms with E-state index in [0.29, 0.717) is 25.9 Å². The van der Waals surface area contributed by atoms with Crippen LogP contribution in [0.2, 0.25) is 0 Å². The number of nitrogens with zero attached hydrogens (tertiary/aromatic N) is 2. The maximum Gasteiger partial charge on any atom is 0.224 e. The summed E-state index contributed by atoms with van der Waals surface area (Å²) in [6.07, 6.45) is 0.994. The summed E-state index contributed by atoms with van der Waals surface area (Å²) in [7, 11) is 0. The minimum absolute atomic E-state index is 0.00509. The third-order valence-corrected chi connectivity index (χ3v) is 5.27. The normalized spacial score (nSPS) is 11.0. The van der Waals surface area contributed by atoms with Crippen molar-refractivity contribution in [2.24, 2.45) is 0 Å². The van der Waals surface area contributed by atoms with Crippen molar-refractivity contribution < 1.29 is 9.18 Å². The molecule has 0 bridgehead atoms. The quantitative estimate of drug-likeness (QED) is 0.498. The maximum atomic E-state index is 13.3. The second-order valence-corrected chi connectivity index (χ2v) is 7.43. The van der Waals surface area contributed by atoms with E-state index in [1.807, 2.05) is 55.5 Å². The standard InChI is InChI=1S/C25H24FN3O/c1-18-6-2-3-7-20(18)16-25(30)27-15-14-24-28-22-8-4-5-9-23(22)29(24)17-19-10-12-21(26)13-11-19/h2-13H,14-17H2,1H3,(H,27,30). The van der Waals surface area contributed by atoms with E-state index in [-0.39, 0.29) is 11.7 Å². The van der Waals surface area contributed by atoms with Crippen LogP contribution in [0.4, 0.5) is 4.39 Å². The Balaban J connectivity index is 1.46. The minimum atomic E-state index is -0.245.